The Morgan fingerprint density at radius 3 is 2.79 bits per heavy atom. The van der Waals surface area contributed by atoms with E-state index >= 15 is 0 Å². The lowest BCUT2D eigenvalue weighted by Crippen LogP contribution is -2.38. The molecule has 1 saturated heterocycles. The van der Waals surface area contributed by atoms with Crippen LogP contribution in [0.3, 0.4) is 0 Å². The predicted octanol–water partition coefficient (Wildman–Crippen LogP) is 2.65. The van der Waals surface area contributed by atoms with Crippen LogP contribution in [0.15, 0.2) is 18.2 Å². The number of benzene rings is 1. The van der Waals surface area contributed by atoms with Gasteiger partial charge in [-0.3, -0.25) is 4.79 Å². The van der Waals surface area contributed by atoms with Gasteiger partial charge in [-0.25, -0.2) is 0 Å². The number of amides is 1. The van der Waals surface area contributed by atoms with Gasteiger partial charge in [0, 0.05) is 12.5 Å². The highest BCUT2D eigenvalue weighted by Crippen LogP contribution is 2.25. The molecule has 0 spiro atoms. The number of carbonyl (C=O) groups excluding carboxylic acids is 1. The molecule has 19 heavy (non-hydrogen) atoms. The van der Waals surface area contributed by atoms with Gasteiger partial charge in [-0.1, -0.05) is 35.3 Å². The van der Waals surface area contributed by atoms with Crippen LogP contribution in [-0.4, -0.2) is 25.5 Å². The van der Waals surface area contributed by atoms with E-state index in [2.05, 4.69) is 10.6 Å². The van der Waals surface area contributed by atoms with Crippen LogP contribution in [0.5, 0.6) is 0 Å². The second kappa shape index (κ2) is 7.13. The van der Waals surface area contributed by atoms with Gasteiger partial charge in [-0.05, 0) is 44.0 Å². The Kier molecular flexibility index (Phi) is 5.49. The van der Waals surface area contributed by atoms with Crippen molar-refractivity contribution in [1.29, 1.82) is 0 Å². The molecule has 5 heteroatoms. The summed E-state index contributed by atoms with van der Waals surface area (Å²) in [5, 5.41) is 7.37. The molecule has 0 bridgehead atoms. The van der Waals surface area contributed by atoms with E-state index < -0.39 is 0 Å². The zero-order valence-corrected chi connectivity index (χ0v) is 12.2. The van der Waals surface area contributed by atoms with Crippen molar-refractivity contribution in [2.45, 2.75) is 19.3 Å². The Morgan fingerprint density at radius 2 is 2.05 bits per heavy atom. The van der Waals surface area contributed by atoms with Crippen molar-refractivity contribution in [3.8, 4) is 0 Å². The van der Waals surface area contributed by atoms with Crippen molar-refractivity contribution >= 4 is 29.1 Å². The van der Waals surface area contributed by atoms with Crippen molar-refractivity contribution in [2.24, 2.45) is 5.92 Å². The maximum Gasteiger partial charge on any atom is 0.223 e. The quantitative estimate of drug-likeness (QED) is 0.897. The van der Waals surface area contributed by atoms with Crippen LogP contribution in [0.2, 0.25) is 10.0 Å². The molecule has 2 N–H and O–H groups in total. The minimum Gasteiger partial charge on any atom is -0.356 e. The molecular weight excluding hydrogens is 283 g/mol. The average molecular weight is 301 g/mol. The molecule has 0 aromatic heterocycles. The summed E-state index contributed by atoms with van der Waals surface area (Å²) < 4.78 is 0. The zero-order chi connectivity index (χ0) is 13.7. The van der Waals surface area contributed by atoms with E-state index in [4.69, 9.17) is 23.2 Å². The smallest absolute Gasteiger partial charge is 0.223 e. The van der Waals surface area contributed by atoms with Gasteiger partial charge in [0.05, 0.1) is 10.0 Å². The van der Waals surface area contributed by atoms with Crippen LogP contribution >= 0.6 is 23.2 Å². The monoisotopic (exact) mass is 300 g/mol. The van der Waals surface area contributed by atoms with Gasteiger partial charge >= 0.3 is 0 Å². The summed E-state index contributed by atoms with van der Waals surface area (Å²) in [6.07, 6.45) is 2.55. The summed E-state index contributed by atoms with van der Waals surface area (Å²) in [4.78, 5) is 11.9. The van der Waals surface area contributed by atoms with Crippen LogP contribution in [0, 0.1) is 5.92 Å². The van der Waals surface area contributed by atoms with E-state index in [1.807, 2.05) is 12.1 Å². The predicted molar refractivity (Wildman–Crippen MR) is 78.8 cm³/mol. The SMILES string of the molecule is O=C(NCCc1cccc(Cl)c1Cl)C1CCNCC1. The molecule has 0 radical (unpaired) electrons. The molecule has 0 atom stereocenters. The minimum absolute atomic E-state index is 0.149. The van der Waals surface area contributed by atoms with E-state index in [0.29, 0.717) is 23.0 Å². The van der Waals surface area contributed by atoms with Crippen LogP contribution < -0.4 is 10.6 Å². The average Bonchev–Trinajstić information content (AvgIpc) is 2.44. The third-order valence-electron chi connectivity index (χ3n) is 3.44. The highest BCUT2D eigenvalue weighted by Gasteiger charge is 2.20. The molecule has 1 fully saturated rings. The summed E-state index contributed by atoms with van der Waals surface area (Å²) in [6, 6.07) is 5.57. The Bertz CT molecular complexity index is 445. The third kappa shape index (κ3) is 4.10. The summed E-state index contributed by atoms with van der Waals surface area (Å²) in [7, 11) is 0. The normalized spacial score (nSPS) is 16.3. The molecule has 104 valence electrons. The number of piperidine rings is 1. The van der Waals surface area contributed by atoms with Crippen LogP contribution in [0.25, 0.3) is 0 Å². The lowest BCUT2D eigenvalue weighted by molar-refractivity contribution is -0.125. The Hall–Kier alpha value is -0.770. The lowest BCUT2D eigenvalue weighted by atomic mass is 9.97. The van der Waals surface area contributed by atoms with E-state index in [1.165, 1.54) is 0 Å². The van der Waals surface area contributed by atoms with Gasteiger partial charge in [0.1, 0.15) is 0 Å². The van der Waals surface area contributed by atoms with Crippen molar-refractivity contribution in [3.63, 3.8) is 0 Å². The summed E-state index contributed by atoms with van der Waals surface area (Å²) in [5.41, 5.74) is 0.972. The van der Waals surface area contributed by atoms with Gasteiger partial charge in [0.15, 0.2) is 0 Å². The van der Waals surface area contributed by atoms with Crippen LogP contribution in [0.1, 0.15) is 18.4 Å². The third-order valence-corrected chi connectivity index (χ3v) is 4.29. The molecule has 1 aromatic carbocycles. The van der Waals surface area contributed by atoms with Crippen molar-refractivity contribution < 1.29 is 4.79 Å². The molecule has 0 saturated carbocycles. The minimum atomic E-state index is 0.149. The highest BCUT2D eigenvalue weighted by atomic mass is 35.5. The molecule has 2 rings (SSSR count). The highest BCUT2D eigenvalue weighted by molar-refractivity contribution is 6.42. The second-order valence-electron chi connectivity index (χ2n) is 4.78. The fourth-order valence-electron chi connectivity index (χ4n) is 2.29. The summed E-state index contributed by atoms with van der Waals surface area (Å²) in [6.45, 7) is 2.46. The Balaban J connectivity index is 1.79. The maximum absolute atomic E-state index is 11.9. The number of rotatable bonds is 4. The molecule has 1 heterocycles. The zero-order valence-electron chi connectivity index (χ0n) is 10.7. The van der Waals surface area contributed by atoms with Gasteiger partial charge in [0.25, 0.3) is 0 Å². The fraction of sp³-hybridized carbons (Fsp3) is 0.500. The van der Waals surface area contributed by atoms with Gasteiger partial charge < -0.3 is 10.6 Å². The molecule has 3 nitrogen and oxygen atoms in total. The first-order valence-electron chi connectivity index (χ1n) is 6.60. The second-order valence-corrected chi connectivity index (χ2v) is 5.56. The topological polar surface area (TPSA) is 41.1 Å². The molecule has 0 unspecified atom stereocenters. The molecule has 1 aliphatic rings. The first-order chi connectivity index (χ1) is 9.18. The number of halogens is 2. The van der Waals surface area contributed by atoms with Gasteiger partial charge in [0.2, 0.25) is 5.91 Å². The van der Waals surface area contributed by atoms with E-state index in [9.17, 15) is 4.79 Å². The van der Waals surface area contributed by atoms with E-state index in [1.54, 1.807) is 6.07 Å². The first kappa shape index (κ1) is 14.6. The standard InChI is InChI=1S/C14H18Cl2N2O/c15-12-3-1-2-10(13(12)16)6-9-18-14(19)11-4-7-17-8-5-11/h1-3,11,17H,4-9H2,(H,18,19). The number of nitrogens with one attached hydrogen (secondary N) is 2. The first-order valence-corrected chi connectivity index (χ1v) is 7.35. The lowest BCUT2D eigenvalue weighted by Gasteiger charge is -2.21. The van der Waals surface area contributed by atoms with Crippen LogP contribution in [0.4, 0.5) is 0 Å². The molecule has 0 aliphatic carbocycles. The maximum atomic E-state index is 11.9. The van der Waals surface area contributed by atoms with Crippen molar-refractivity contribution in [3.05, 3.63) is 33.8 Å². The summed E-state index contributed by atoms with van der Waals surface area (Å²) >= 11 is 12.1. The Morgan fingerprint density at radius 1 is 1.32 bits per heavy atom. The van der Waals surface area contributed by atoms with Gasteiger partial charge in [-0.2, -0.15) is 0 Å². The molecule has 1 aliphatic heterocycles. The molecule has 1 aromatic rings. The van der Waals surface area contributed by atoms with E-state index in [-0.39, 0.29) is 11.8 Å². The number of carbonyl (C=O) groups is 1. The van der Waals surface area contributed by atoms with Gasteiger partial charge in [-0.15, -0.1) is 0 Å². The Labute approximate surface area is 123 Å². The van der Waals surface area contributed by atoms with Crippen molar-refractivity contribution in [1.82, 2.24) is 10.6 Å². The largest absolute Gasteiger partial charge is 0.356 e. The van der Waals surface area contributed by atoms with Crippen molar-refractivity contribution in [2.75, 3.05) is 19.6 Å². The van der Waals surface area contributed by atoms with Crippen LogP contribution in [-0.2, 0) is 11.2 Å². The number of hydrogen-bond donors (Lipinski definition) is 2. The molecule has 1 amide bonds. The van der Waals surface area contributed by atoms with E-state index in [0.717, 1.165) is 31.5 Å². The summed E-state index contributed by atoms with van der Waals surface area (Å²) in [5.74, 6) is 0.302. The molecular formula is C14H18Cl2N2O. The fourth-order valence-corrected chi connectivity index (χ4v) is 2.70. The number of hydrogen-bond acceptors (Lipinski definition) is 2.